The molecular formula is C22H20F2N2O3. The van der Waals surface area contributed by atoms with Gasteiger partial charge in [0.2, 0.25) is 0 Å². The van der Waals surface area contributed by atoms with Crippen molar-refractivity contribution in [3.63, 3.8) is 0 Å². The lowest BCUT2D eigenvalue weighted by atomic mass is 9.92. The van der Waals surface area contributed by atoms with Gasteiger partial charge in [0.15, 0.2) is 11.5 Å². The molecule has 0 aliphatic carbocycles. The normalized spacial score (nSPS) is 15.2. The van der Waals surface area contributed by atoms with Crippen LogP contribution in [0, 0.1) is 11.6 Å². The average molecular weight is 398 g/mol. The van der Waals surface area contributed by atoms with Gasteiger partial charge in [0.05, 0.1) is 12.8 Å². The van der Waals surface area contributed by atoms with Gasteiger partial charge in [0.25, 0.3) is 0 Å². The minimum absolute atomic E-state index is 0.109. The molecule has 3 rings (SSSR count). The maximum Gasteiger partial charge on any atom is 0.360 e. The number of ether oxygens (including phenoxy) is 1. The molecule has 1 aliphatic rings. The van der Waals surface area contributed by atoms with Gasteiger partial charge in [-0.2, -0.15) is 5.10 Å². The summed E-state index contributed by atoms with van der Waals surface area (Å²) >= 11 is 0. The van der Waals surface area contributed by atoms with Crippen molar-refractivity contribution in [1.29, 1.82) is 0 Å². The molecule has 0 radical (unpaired) electrons. The third-order valence-electron chi connectivity index (χ3n) is 4.42. The van der Waals surface area contributed by atoms with E-state index in [-0.39, 0.29) is 11.5 Å². The van der Waals surface area contributed by atoms with Crippen LogP contribution in [0.3, 0.4) is 0 Å². The zero-order valence-corrected chi connectivity index (χ0v) is 16.2. The average Bonchev–Trinajstić information content (AvgIpc) is 2.69. The lowest BCUT2D eigenvalue weighted by Crippen LogP contribution is -2.28. The summed E-state index contributed by atoms with van der Waals surface area (Å²) in [6.45, 7) is 3.60. The Morgan fingerprint density at radius 2 is 1.83 bits per heavy atom. The molecule has 2 aromatic rings. The van der Waals surface area contributed by atoms with Gasteiger partial charge >= 0.3 is 5.97 Å². The van der Waals surface area contributed by atoms with Crippen molar-refractivity contribution in [3.05, 3.63) is 70.9 Å². The Labute approximate surface area is 167 Å². The molecule has 1 N–H and O–H groups in total. The van der Waals surface area contributed by atoms with Crippen LogP contribution in [0.4, 0.5) is 8.78 Å². The Hall–Kier alpha value is -3.48. The quantitative estimate of drug-likeness (QED) is 0.575. The Morgan fingerprint density at radius 1 is 1.14 bits per heavy atom. The van der Waals surface area contributed by atoms with Gasteiger partial charge in [-0.25, -0.2) is 18.6 Å². The summed E-state index contributed by atoms with van der Waals surface area (Å²) in [5.74, 6) is -2.40. The fourth-order valence-corrected chi connectivity index (χ4v) is 3.23. The molecular weight excluding hydrogens is 378 g/mol. The number of esters is 1. The predicted octanol–water partition coefficient (Wildman–Crippen LogP) is 5.10. The highest BCUT2D eigenvalue weighted by molar-refractivity contribution is 6.01. The van der Waals surface area contributed by atoms with Crippen LogP contribution in [0.25, 0.3) is 22.6 Å². The van der Waals surface area contributed by atoms with Crippen molar-refractivity contribution < 1.29 is 23.4 Å². The van der Waals surface area contributed by atoms with Gasteiger partial charge < -0.3 is 9.84 Å². The van der Waals surface area contributed by atoms with Crippen LogP contribution in [0.1, 0.15) is 31.4 Å². The first-order valence-electron chi connectivity index (χ1n) is 9.02. The summed E-state index contributed by atoms with van der Waals surface area (Å²) in [7, 11) is 1.22. The standard InChI is InChI=1S/C22H20F2N2O3/c1-4-6-19-18-11-13(14-9-15(23)12-16(24)10-14)7-8-17(18)21(27)20(22(28)29-3)26(19)25-5-2/h5-12,27H,4H2,1-3H3/b19-6+,25-5-. The Morgan fingerprint density at radius 3 is 2.41 bits per heavy atom. The van der Waals surface area contributed by atoms with Crippen LogP contribution < -0.4 is 0 Å². The van der Waals surface area contributed by atoms with Crippen molar-refractivity contribution in [3.8, 4) is 11.1 Å². The van der Waals surface area contributed by atoms with Crippen LogP contribution in [0.5, 0.6) is 0 Å². The number of rotatable bonds is 4. The SMILES string of the molecule is C/C=N\N1C(C(=O)OC)=C(O)c2ccc(-c3cc(F)cc(F)c3)cc2/C1=C\CC. The first-order valence-corrected chi connectivity index (χ1v) is 9.02. The minimum atomic E-state index is -0.739. The van der Waals surface area contributed by atoms with E-state index in [4.69, 9.17) is 4.74 Å². The van der Waals surface area contributed by atoms with Crippen molar-refractivity contribution in [1.82, 2.24) is 5.01 Å². The van der Waals surface area contributed by atoms with Crippen molar-refractivity contribution in [2.24, 2.45) is 5.10 Å². The Kier molecular flexibility index (Phi) is 5.77. The van der Waals surface area contributed by atoms with Crippen LogP contribution in [0.2, 0.25) is 0 Å². The number of aliphatic hydroxyl groups excluding tert-OH is 1. The number of benzene rings is 2. The maximum atomic E-state index is 13.7. The number of halogens is 2. The number of carbonyl (C=O) groups excluding carboxylic acids is 1. The molecule has 0 aromatic heterocycles. The minimum Gasteiger partial charge on any atom is -0.505 e. The summed E-state index contributed by atoms with van der Waals surface area (Å²) < 4.78 is 32.2. The number of hydrogen-bond acceptors (Lipinski definition) is 5. The van der Waals surface area contributed by atoms with E-state index in [1.54, 1.807) is 25.1 Å². The molecule has 0 atom stereocenters. The molecule has 0 saturated carbocycles. The highest BCUT2D eigenvalue weighted by atomic mass is 19.1. The van der Waals surface area contributed by atoms with E-state index >= 15 is 0 Å². The largest absolute Gasteiger partial charge is 0.505 e. The van der Waals surface area contributed by atoms with E-state index in [2.05, 4.69) is 5.10 Å². The first-order chi connectivity index (χ1) is 13.9. The topological polar surface area (TPSA) is 62.1 Å². The van der Waals surface area contributed by atoms with Crippen molar-refractivity contribution in [2.75, 3.05) is 7.11 Å². The van der Waals surface area contributed by atoms with Gasteiger partial charge in [-0.1, -0.05) is 19.1 Å². The lowest BCUT2D eigenvalue weighted by molar-refractivity contribution is -0.137. The predicted molar refractivity (Wildman–Crippen MR) is 108 cm³/mol. The third kappa shape index (κ3) is 3.76. The van der Waals surface area contributed by atoms with Crippen molar-refractivity contribution in [2.45, 2.75) is 20.3 Å². The summed E-state index contributed by atoms with van der Waals surface area (Å²) in [5, 5.41) is 16.3. The van der Waals surface area contributed by atoms with E-state index < -0.39 is 17.6 Å². The molecule has 29 heavy (non-hydrogen) atoms. The highest BCUT2D eigenvalue weighted by Gasteiger charge is 2.34. The maximum absolute atomic E-state index is 13.7. The molecule has 0 unspecified atom stereocenters. The van der Waals surface area contributed by atoms with Crippen LogP contribution in [0.15, 0.2) is 53.3 Å². The zero-order chi connectivity index (χ0) is 21.1. The number of fused-ring (bicyclic) bond motifs is 1. The number of methoxy groups -OCH3 is 1. The fraction of sp³-hybridized carbons (Fsp3) is 0.182. The number of aliphatic hydroxyl groups is 1. The van der Waals surface area contributed by atoms with Crippen molar-refractivity contribution >= 4 is 23.6 Å². The second-order valence-electron chi connectivity index (χ2n) is 6.29. The zero-order valence-electron chi connectivity index (χ0n) is 16.2. The number of nitrogens with zero attached hydrogens (tertiary/aromatic N) is 2. The van der Waals surface area contributed by atoms with E-state index in [0.717, 1.165) is 6.07 Å². The summed E-state index contributed by atoms with van der Waals surface area (Å²) in [6.07, 6.45) is 3.95. The summed E-state index contributed by atoms with van der Waals surface area (Å²) in [4.78, 5) is 12.3. The smallest absolute Gasteiger partial charge is 0.360 e. The molecule has 7 heteroatoms. The molecule has 5 nitrogen and oxygen atoms in total. The molecule has 2 aromatic carbocycles. The fourth-order valence-electron chi connectivity index (χ4n) is 3.23. The molecule has 1 aliphatic heterocycles. The van der Waals surface area contributed by atoms with Gasteiger partial charge in [-0.15, -0.1) is 0 Å². The Bertz CT molecular complexity index is 1040. The first kappa shape index (κ1) is 20.3. The third-order valence-corrected chi connectivity index (χ3v) is 4.42. The lowest BCUT2D eigenvalue weighted by Gasteiger charge is -2.30. The van der Waals surface area contributed by atoms with E-state index in [9.17, 15) is 18.7 Å². The monoisotopic (exact) mass is 398 g/mol. The highest BCUT2D eigenvalue weighted by Crippen LogP contribution is 2.40. The second-order valence-corrected chi connectivity index (χ2v) is 6.29. The molecule has 0 amide bonds. The molecule has 0 spiro atoms. The molecule has 0 saturated heterocycles. The molecule has 0 bridgehead atoms. The molecule has 1 heterocycles. The number of hydrazone groups is 1. The Balaban J connectivity index is 2.28. The van der Waals surface area contributed by atoms with Crippen LogP contribution in [-0.2, 0) is 9.53 Å². The van der Waals surface area contributed by atoms with Gasteiger partial charge in [-0.3, -0.25) is 0 Å². The number of carbonyl (C=O) groups is 1. The summed E-state index contributed by atoms with van der Waals surface area (Å²) in [5.41, 5.74) is 2.32. The van der Waals surface area contributed by atoms with Crippen LogP contribution in [-0.4, -0.2) is 29.4 Å². The van der Waals surface area contributed by atoms with Gasteiger partial charge in [-0.05, 0) is 48.7 Å². The van der Waals surface area contributed by atoms with E-state index in [1.165, 1.54) is 30.5 Å². The number of allylic oxidation sites excluding steroid dienone is 1. The van der Waals surface area contributed by atoms with Gasteiger partial charge in [0, 0.05) is 23.4 Å². The summed E-state index contributed by atoms with van der Waals surface area (Å²) in [6, 6.07) is 8.19. The molecule has 150 valence electrons. The number of hydrogen-bond donors (Lipinski definition) is 1. The van der Waals surface area contributed by atoms with E-state index in [1.807, 2.05) is 13.0 Å². The molecule has 0 fully saturated rings. The second kappa shape index (κ2) is 8.26. The van der Waals surface area contributed by atoms with Gasteiger partial charge in [0.1, 0.15) is 11.6 Å². The van der Waals surface area contributed by atoms with E-state index in [0.29, 0.717) is 34.4 Å². The van der Waals surface area contributed by atoms with Crippen LogP contribution >= 0.6 is 0 Å².